The fourth-order valence-corrected chi connectivity index (χ4v) is 14.1. The van der Waals surface area contributed by atoms with Crippen LogP contribution in [0.3, 0.4) is 0 Å². The SMILES string of the molecule is COc1ccc(P2C(=S)SS2=S)cc1. The smallest absolute Gasteiger partial charge is 0.118 e. The molecule has 1 aliphatic rings. The van der Waals surface area contributed by atoms with Crippen LogP contribution in [0.4, 0.5) is 0 Å². The van der Waals surface area contributed by atoms with Crippen molar-refractivity contribution in [1.29, 1.82) is 0 Å². The van der Waals surface area contributed by atoms with Crippen molar-refractivity contribution in [1.82, 2.24) is 0 Å². The van der Waals surface area contributed by atoms with Crippen molar-refractivity contribution in [3.8, 4) is 5.75 Å². The molecule has 1 heterocycles. The second-order valence-corrected chi connectivity index (χ2v) is 13.2. The molecular formula is C8H7OPS4. The summed E-state index contributed by atoms with van der Waals surface area (Å²) in [6.07, 6.45) is 0. The Balaban J connectivity index is 2.25. The summed E-state index contributed by atoms with van der Waals surface area (Å²) >= 11 is 10.5. The van der Waals surface area contributed by atoms with Crippen LogP contribution in [0.5, 0.6) is 5.75 Å². The highest BCUT2D eigenvalue weighted by molar-refractivity contribution is 9.19. The number of benzene rings is 1. The minimum atomic E-state index is -0.351. The van der Waals surface area contributed by atoms with Gasteiger partial charge in [0, 0.05) is 0 Å². The minimum Gasteiger partial charge on any atom is -0.497 e. The molecular weight excluding hydrogens is 271 g/mol. The van der Waals surface area contributed by atoms with E-state index >= 15 is 0 Å². The van der Waals surface area contributed by atoms with Gasteiger partial charge in [0.25, 0.3) is 0 Å². The van der Waals surface area contributed by atoms with Crippen LogP contribution in [0, 0.1) is 0 Å². The highest BCUT2D eigenvalue weighted by Crippen LogP contribution is 2.61. The summed E-state index contributed by atoms with van der Waals surface area (Å²) < 4.78 is 6.19. The van der Waals surface area contributed by atoms with E-state index in [-0.39, 0.29) is 15.2 Å². The zero-order valence-electron chi connectivity index (χ0n) is 7.30. The van der Waals surface area contributed by atoms with E-state index in [1.54, 1.807) is 17.9 Å². The highest BCUT2D eigenvalue weighted by Gasteiger charge is 2.32. The third-order valence-electron chi connectivity index (χ3n) is 1.76. The second-order valence-electron chi connectivity index (χ2n) is 2.56. The van der Waals surface area contributed by atoms with Crippen molar-refractivity contribution in [3.05, 3.63) is 24.3 Å². The summed E-state index contributed by atoms with van der Waals surface area (Å²) in [5.74, 6) is 0.882. The van der Waals surface area contributed by atoms with Crippen molar-refractivity contribution in [2.24, 2.45) is 0 Å². The number of ether oxygens (including phenoxy) is 1. The van der Waals surface area contributed by atoms with E-state index in [9.17, 15) is 0 Å². The Labute approximate surface area is 100 Å². The zero-order chi connectivity index (χ0) is 10.1. The number of thiocarbonyl (C=S) groups is 1. The van der Waals surface area contributed by atoms with Crippen molar-refractivity contribution in [2.75, 3.05) is 7.11 Å². The van der Waals surface area contributed by atoms with Gasteiger partial charge < -0.3 is 4.74 Å². The fraction of sp³-hybridized carbons (Fsp3) is 0.125. The Morgan fingerprint density at radius 1 is 1.36 bits per heavy atom. The lowest BCUT2D eigenvalue weighted by Crippen LogP contribution is -2.14. The maximum absolute atomic E-state index is 5.31. The number of rotatable bonds is 2. The molecule has 74 valence electrons. The van der Waals surface area contributed by atoms with Gasteiger partial charge in [-0.25, -0.2) is 0 Å². The summed E-state index contributed by atoms with van der Waals surface area (Å²) in [5, 5.41) is 1.28. The third-order valence-corrected chi connectivity index (χ3v) is 13.4. The monoisotopic (exact) mass is 278 g/mol. The normalized spacial score (nSPS) is 25.6. The van der Waals surface area contributed by atoms with Crippen LogP contribution >= 0.6 is 30.1 Å². The van der Waals surface area contributed by atoms with Crippen molar-refractivity contribution in [3.63, 3.8) is 0 Å². The van der Waals surface area contributed by atoms with Gasteiger partial charge in [0.1, 0.15) is 5.75 Å². The van der Waals surface area contributed by atoms with Gasteiger partial charge in [-0.15, -0.1) is 0 Å². The summed E-state index contributed by atoms with van der Waals surface area (Å²) in [7, 11) is 3.00. The first kappa shape index (κ1) is 11.0. The van der Waals surface area contributed by atoms with Crippen LogP contribution in [0.15, 0.2) is 24.3 Å². The first-order chi connectivity index (χ1) is 6.72. The topological polar surface area (TPSA) is 9.23 Å². The Morgan fingerprint density at radius 2 is 2.00 bits per heavy atom. The molecule has 1 fully saturated rings. The molecule has 0 amide bonds. The van der Waals surface area contributed by atoms with Crippen LogP contribution in [-0.4, -0.2) is 11.0 Å². The molecule has 1 saturated heterocycles. The van der Waals surface area contributed by atoms with E-state index < -0.39 is 0 Å². The van der Waals surface area contributed by atoms with Gasteiger partial charge in [-0.3, -0.25) is 0 Å². The molecule has 6 heteroatoms. The van der Waals surface area contributed by atoms with Gasteiger partial charge in [0.05, 0.1) is 18.2 Å². The first-order valence-electron chi connectivity index (χ1n) is 3.81. The molecule has 0 saturated carbocycles. The van der Waals surface area contributed by atoms with Gasteiger partial charge in [-0.05, 0) is 59.7 Å². The molecule has 1 aliphatic heterocycles. The van der Waals surface area contributed by atoms with Crippen LogP contribution in [0.1, 0.15) is 0 Å². The average molecular weight is 278 g/mol. The van der Waals surface area contributed by atoms with Gasteiger partial charge in [0.15, 0.2) is 0 Å². The van der Waals surface area contributed by atoms with Gasteiger partial charge >= 0.3 is 0 Å². The molecule has 14 heavy (non-hydrogen) atoms. The zero-order valence-corrected chi connectivity index (χ0v) is 11.5. The molecule has 0 N–H and O–H groups in total. The average Bonchev–Trinajstić information content (AvgIpc) is 2.18. The molecule has 0 bridgehead atoms. The summed E-state index contributed by atoms with van der Waals surface area (Å²) in [4.78, 5) is 0. The molecule has 2 atom stereocenters. The Hall–Kier alpha value is 0.460. The molecule has 0 spiro atoms. The standard InChI is InChI=1S/C8H7OPS4/c1-9-6-2-4-7(5-3-6)10-8(11)13-14(10)12/h2-5H,1H3. The van der Waals surface area contributed by atoms with E-state index in [1.807, 2.05) is 12.1 Å². The van der Waals surface area contributed by atoms with Crippen molar-refractivity contribution >= 4 is 58.7 Å². The molecule has 0 radical (unpaired) electrons. The lowest BCUT2D eigenvalue weighted by atomic mass is 10.3. The van der Waals surface area contributed by atoms with Crippen molar-refractivity contribution in [2.45, 2.75) is 0 Å². The minimum absolute atomic E-state index is 0.0134. The van der Waals surface area contributed by atoms with E-state index in [0.717, 1.165) is 9.69 Å². The highest BCUT2D eigenvalue weighted by atomic mass is 33.5. The summed E-state index contributed by atoms with van der Waals surface area (Å²) in [6, 6.07) is 8.08. The van der Waals surface area contributed by atoms with Gasteiger partial charge in [-0.1, -0.05) is 12.2 Å². The lowest BCUT2D eigenvalue weighted by Gasteiger charge is -2.28. The molecule has 0 aliphatic carbocycles. The third kappa shape index (κ3) is 2.02. The quantitative estimate of drug-likeness (QED) is 0.467. The first-order valence-corrected chi connectivity index (χ1v) is 9.64. The molecule has 1 aromatic rings. The summed E-state index contributed by atoms with van der Waals surface area (Å²) in [5.41, 5.74) is 0. The Kier molecular flexibility index (Phi) is 3.55. The predicted octanol–water partition coefficient (Wildman–Crippen LogP) is 2.74. The van der Waals surface area contributed by atoms with Crippen LogP contribution < -0.4 is 10.0 Å². The second kappa shape index (κ2) is 4.54. The van der Waals surface area contributed by atoms with E-state index in [4.69, 9.17) is 28.1 Å². The molecule has 2 unspecified atom stereocenters. The van der Waals surface area contributed by atoms with Gasteiger partial charge in [0.2, 0.25) is 0 Å². The number of hydrogen-bond acceptors (Lipinski definition) is 4. The lowest BCUT2D eigenvalue weighted by molar-refractivity contribution is 0.415. The van der Waals surface area contributed by atoms with E-state index in [1.165, 1.54) is 5.30 Å². The number of hydrogen-bond donors (Lipinski definition) is 0. The largest absolute Gasteiger partial charge is 0.497 e. The predicted molar refractivity (Wildman–Crippen MR) is 74.5 cm³/mol. The van der Waals surface area contributed by atoms with E-state index in [0.29, 0.717) is 0 Å². The Bertz CT molecular complexity index is 375. The molecule has 1 nitrogen and oxygen atoms in total. The van der Waals surface area contributed by atoms with Crippen molar-refractivity contribution < 1.29 is 4.74 Å². The van der Waals surface area contributed by atoms with Crippen LogP contribution in [-0.2, 0) is 19.3 Å². The molecule has 0 aromatic heterocycles. The maximum Gasteiger partial charge on any atom is 0.118 e. The van der Waals surface area contributed by atoms with Crippen LogP contribution in [0.25, 0.3) is 0 Å². The maximum atomic E-state index is 5.31. The van der Waals surface area contributed by atoms with Crippen LogP contribution in [0.2, 0.25) is 0 Å². The Morgan fingerprint density at radius 3 is 2.43 bits per heavy atom. The summed E-state index contributed by atoms with van der Waals surface area (Å²) in [6.45, 7) is 0. The molecule has 2 rings (SSSR count). The fourth-order valence-electron chi connectivity index (χ4n) is 1.07. The molecule has 1 aromatic carbocycles. The number of methoxy groups -OCH3 is 1. The van der Waals surface area contributed by atoms with Gasteiger partial charge in [-0.2, -0.15) is 0 Å². The van der Waals surface area contributed by atoms with E-state index in [2.05, 4.69) is 12.1 Å².